The van der Waals surface area contributed by atoms with Gasteiger partial charge in [0.1, 0.15) is 5.78 Å². The van der Waals surface area contributed by atoms with Crippen LogP contribution in [0.4, 0.5) is 0 Å². The van der Waals surface area contributed by atoms with Crippen molar-refractivity contribution in [3.63, 3.8) is 0 Å². The number of hydrogen-bond acceptors (Lipinski definition) is 5. The standard InChI is InChI=1S/C15H28O5/c1-4-15(5-2)13(16)12-14(15)20-11-10-19-9-8-18-7-6-17-3/h14H,4-12H2,1-3H3. The number of carbonyl (C=O) groups is 1. The van der Waals surface area contributed by atoms with E-state index in [4.69, 9.17) is 18.9 Å². The summed E-state index contributed by atoms with van der Waals surface area (Å²) >= 11 is 0. The number of Topliss-reactive ketones (excluding diaryl/α,β-unsaturated/α-hetero) is 1. The molecule has 1 atom stereocenters. The van der Waals surface area contributed by atoms with Crippen molar-refractivity contribution in [2.45, 2.75) is 39.2 Å². The maximum absolute atomic E-state index is 11.7. The fraction of sp³-hybridized carbons (Fsp3) is 0.933. The van der Waals surface area contributed by atoms with Gasteiger partial charge in [-0.25, -0.2) is 0 Å². The summed E-state index contributed by atoms with van der Waals surface area (Å²) in [5.41, 5.74) is -0.233. The Morgan fingerprint density at radius 1 is 1.00 bits per heavy atom. The molecule has 0 radical (unpaired) electrons. The molecule has 1 aliphatic carbocycles. The van der Waals surface area contributed by atoms with Crippen LogP contribution in [0.2, 0.25) is 0 Å². The second-order valence-corrected chi connectivity index (χ2v) is 5.07. The average Bonchev–Trinajstić information content (AvgIpc) is 2.45. The molecule has 5 heteroatoms. The van der Waals surface area contributed by atoms with Crippen molar-refractivity contribution < 1.29 is 23.7 Å². The van der Waals surface area contributed by atoms with Gasteiger partial charge < -0.3 is 18.9 Å². The normalized spacial score (nSPS) is 20.9. The molecule has 0 amide bonds. The Morgan fingerprint density at radius 2 is 1.55 bits per heavy atom. The van der Waals surface area contributed by atoms with E-state index in [0.29, 0.717) is 51.8 Å². The largest absolute Gasteiger partial charge is 0.382 e. The first-order chi connectivity index (χ1) is 9.71. The van der Waals surface area contributed by atoms with E-state index in [2.05, 4.69) is 13.8 Å². The highest BCUT2D eigenvalue weighted by molar-refractivity contribution is 5.92. The minimum atomic E-state index is -0.233. The first-order valence-electron chi connectivity index (χ1n) is 7.50. The van der Waals surface area contributed by atoms with Crippen LogP contribution in [0.3, 0.4) is 0 Å². The van der Waals surface area contributed by atoms with Gasteiger partial charge in [-0.2, -0.15) is 0 Å². The van der Waals surface area contributed by atoms with Crippen LogP contribution in [0.15, 0.2) is 0 Å². The zero-order valence-corrected chi connectivity index (χ0v) is 13.0. The Balaban J connectivity index is 2.01. The number of ether oxygens (including phenoxy) is 4. The van der Waals surface area contributed by atoms with Crippen LogP contribution >= 0.6 is 0 Å². The molecule has 0 heterocycles. The summed E-state index contributed by atoms with van der Waals surface area (Å²) in [6.07, 6.45) is 2.36. The van der Waals surface area contributed by atoms with Gasteiger partial charge in [0.05, 0.1) is 51.2 Å². The molecule has 1 rings (SSSR count). The van der Waals surface area contributed by atoms with Gasteiger partial charge in [-0.3, -0.25) is 4.79 Å². The first-order valence-corrected chi connectivity index (χ1v) is 7.50. The lowest BCUT2D eigenvalue weighted by Gasteiger charge is -2.46. The highest BCUT2D eigenvalue weighted by Crippen LogP contribution is 2.45. The van der Waals surface area contributed by atoms with Crippen molar-refractivity contribution in [2.75, 3.05) is 46.8 Å². The molecule has 0 saturated heterocycles. The molecule has 1 saturated carbocycles. The van der Waals surface area contributed by atoms with Crippen molar-refractivity contribution in [3.8, 4) is 0 Å². The molecule has 0 N–H and O–H groups in total. The lowest BCUT2D eigenvalue weighted by Crippen LogP contribution is -2.54. The first kappa shape index (κ1) is 17.6. The van der Waals surface area contributed by atoms with Crippen LogP contribution in [0, 0.1) is 5.41 Å². The Labute approximate surface area is 121 Å². The van der Waals surface area contributed by atoms with Gasteiger partial charge in [-0.1, -0.05) is 13.8 Å². The molecule has 118 valence electrons. The molecule has 0 aromatic heterocycles. The topological polar surface area (TPSA) is 54.0 Å². The summed E-state index contributed by atoms with van der Waals surface area (Å²) in [7, 11) is 1.65. The summed E-state index contributed by atoms with van der Waals surface area (Å²) in [5, 5.41) is 0. The monoisotopic (exact) mass is 288 g/mol. The van der Waals surface area contributed by atoms with E-state index in [1.807, 2.05) is 0 Å². The molecule has 20 heavy (non-hydrogen) atoms. The molecule has 5 nitrogen and oxygen atoms in total. The Kier molecular flexibility index (Phi) is 8.30. The van der Waals surface area contributed by atoms with Gasteiger partial charge in [0.15, 0.2) is 0 Å². The lowest BCUT2D eigenvalue weighted by atomic mass is 9.61. The zero-order chi connectivity index (χ0) is 14.8. The fourth-order valence-corrected chi connectivity index (χ4v) is 2.65. The molecule has 0 aliphatic heterocycles. The van der Waals surface area contributed by atoms with Crippen molar-refractivity contribution in [1.29, 1.82) is 0 Å². The van der Waals surface area contributed by atoms with Gasteiger partial charge in [-0.05, 0) is 12.8 Å². The average molecular weight is 288 g/mol. The molecule has 0 aromatic carbocycles. The zero-order valence-electron chi connectivity index (χ0n) is 13.0. The van der Waals surface area contributed by atoms with Crippen LogP contribution in [0.25, 0.3) is 0 Å². The Morgan fingerprint density at radius 3 is 2.05 bits per heavy atom. The van der Waals surface area contributed by atoms with Gasteiger partial charge in [0.25, 0.3) is 0 Å². The van der Waals surface area contributed by atoms with Crippen molar-refractivity contribution >= 4 is 5.78 Å². The van der Waals surface area contributed by atoms with Crippen molar-refractivity contribution in [1.82, 2.24) is 0 Å². The van der Waals surface area contributed by atoms with E-state index in [1.54, 1.807) is 7.11 Å². The molecule has 1 aliphatic rings. The second kappa shape index (κ2) is 9.45. The maximum Gasteiger partial charge on any atom is 0.144 e. The van der Waals surface area contributed by atoms with Crippen molar-refractivity contribution in [3.05, 3.63) is 0 Å². The fourth-order valence-electron chi connectivity index (χ4n) is 2.65. The van der Waals surface area contributed by atoms with Crippen LogP contribution < -0.4 is 0 Å². The van der Waals surface area contributed by atoms with E-state index in [1.165, 1.54) is 0 Å². The highest BCUT2D eigenvalue weighted by Gasteiger charge is 2.52. The highest BCUT2D eigenvalue weighted by atomic mass is 16.6. The van der Waals surface area contributed by atoms with Gasteiger partial charge in [0.2, 0.25) is 0 Å². The summed E-state index contributed by atoms with van der Waals surface area (Å²) in [4.78, 5) is 11.7. The number of hydrogen-bond donors (Lipinski definition) is 0. The molecule has 1 unspecified atom stereocenters. The summed E-state index contributed by atoms with van der Waals surface area (Å²) in [6.45, 7) is 7.53. The lowest BCUT2D eigenvalue weighted by molar-refractivity contribution is -0.167. The minimum Gasteiger partial charge on any atom is -0.382 e. The molecular weight excluding hydrogens is 260 g/mol. The third-order valence-electron chi connectivity index (χ3n) is 4.15. The minimum absolute atomic E-state index is 0.0755. The number of rotatable bonds is 12. The van der Waals surface area contributed by atoms with E-state index < -0.39 is 0 Å². The van der Waals surface area contributed by atoms with Crippen LogP contribution in [-0.2, 0) is 23.7 Å². The van der Waals surface area contributed by atoms with Gasteiger partial charge in [-0.15, -0.1) is 0 Å². The molecule has 0 bridgehead atoms. The molecule has 1 fully saturated rings. The van der Waals surface area contributed by atoms with Crippen LogP contribution in [-0.4, -0.2) is 58.6 Å². The third-order valence-corrected chi connectivity index (χ3v) is 4.15. The molecular formula is C15H28O5. The van der Waals surface area contributed by atoms with E-state index in [9.17, 15) is 4.79 Å². The van der Waals surface area contributed by atoms with E-state index in [-0.39, 0.29) is 11.5 Å². The predicted octanol–water partition coefficient (Wildman–Crippen LogP) is 1.83. The Bertz CT molecular complexity index is 275. The van der Waals surface area contributed by atoms with Gasteiger partial charge in [0, 0.05) is 13.5 Å². The summed E-state index contributed by atoms with van der Waals surface area (Å²) < 4.78 is 21.4. The smallest absolute Gasteiger partial charge is 0.144 e. The van der Waals surface area contributed by atoms with Crippen molar-refractivity contribution in [2.24, 2.45) is 5.41 Å². The maximum atomic E-state index is 11.7. The second-order valence-electron chi connectivity index (χ2n) is 5.07. The van der Waals surface area contributed by atoms with Crippen LogP contribution in [0.1, 0.15) is 33.1 Å². The van der Waals surface area contributed by atoms with E-state index >= 15 is 0 Å². The van der Waals surface area contributed by atoms with E-state index in [0.717, 1.165) is 12.8 Å². The molecule has 0 spiro atoms. The number of carbonyl (C=O) groups excluding carboxylic acids is 1. The predicted molar refractivity (Wildman–Crippen MR) is 75.9 cm³/mol. The Hall–Kier alpha value is -0.490. The molecule has 0 aromatic rings. The number of methoxy groups -OCH3 is 1. The number of ketones is 1. The SMILES string of the molecule is CCC1(CC)C(=O)CC1OCCOCCOCCOC. The van der Waals surface area contributed by atoms with Crippen LogP contribution in [0.5, 0.6) is 0 Å². The summed E-state index contributed by atoms with van der Waals surface area (Å²) in [5.74, 6) is 0.347. The van der Waals surface area contributed by atoms with Gasteiger partial charge >= 0.3 is 0 Å². The quantitative estimate of drug-likeness (QED) is 0.513. The summed E-state index contributed by atoms with van der Waals surface area (Å²) in [6, 6.07) is 0. The third kappa shape index (κ3) is 4.52.